The van der Waals surface area contributed by atoms with Crippen LogP contribution in [-0.2, 0) is 22.2 Å². The van der Waals surface area contributed by atoms with Crippen molar-refractivity contribution in [3.8, 4) is 16.9 Å². The molecule has 0 radical (unpaired) electrons. The molecule has 1 N–H and O–H groups in total. The maximum atomic E-state index is 13.5. The van der Waals surface area contributed by atoms with E-state index in [0.29, 0.717) is 10.7 Å². The number of carbonyl (C=O) groups excluding carboxylic acids is 1. The third-order valence-electron chi connectivity index (χ3n) is 5.77. The molecule has 1 unspecified atom stereocenters. The summed E-state index contributed by atoms with van der Waals surface area (Å²) in [6.45, 7) is 1.93. The van der Waals surface area contributed by atoms with Crippen molar-refractivity contribution in [2.45, 2.75) is 25.9 Å². The molecule has 1 aliphatic carbocycles. The van der Waals surface area contributed by atoms with Crippen molar-refractivity contribution in [3.63, 3.8) is 0 Å². The molecule has 5 rings (SSSR count). The van der Waals surface area contributed by atoms with Crippen molar-refractivity contribution in [1.29, 1.82) is 0 Å². The second-order valence-corrected chi connectivity index (χ2v) is 8.93. The van der Waals surface area contributed by atoms with Gasteiger partial charge in [-0.15, -0.1) is 0 Å². The maximum absolute atomic E-state index is 13.5. The van der Waals surface area contributed by atoms with E-state index in [0.717, 1.165) is 40.7 Å². The third kappa shape index (κ3) is 3.68. The van der Waals surface area contributed by atoms with Crippen LogP contribution >= 0.6 is 0 Å². The molecule has 3 aromatic rings. The van der Waals surface area contributed by atoms with Crippen molar-refractivity contribution in [1.82, 2.24) is 4.72 Å². The lowest BCUT2D eigenvalue weighted by atomic mass is 9.94. The first-order valence-electron chi connectivity index (χ1n) is 10.1. The molecule has 0 spiro atoms. The van der Waals surface area contributed by atoms with Crippen LogP contribution in [0, 0.1) is 12.7 Å². The smallest absolute Gasteiger partial charge is 0.257 e. The number of aryl methyl sites for hydroxylation is 1. The molecule has 4 nitrogen and oxygen atoms in total. The number of nitrogens with one attached hydrogen (secondary N) is 1. The predicted molar refractivity (Wildman–Crippen MR) is 119 cm³/mol. The highest BCUT2D eigenvalue weighted by atomic mass is 32.2. The van der Waals surface area contributed by atoms with Crippen LogP contribution in [0.4, 0.5) is 4.39 Å². The van der Waals surface area contributed by atoms with Crippen LogP contribution < -0.4 is 9.46 Å². The molecule has 0 aromatic heterocycles. The van der Waals surface area contributed by atoms with Gasteiger partial charge >= 0.3 is 0 Å². The van der Waals surface area contributed by atoms with Crippen LogP contribution in [0.3, 0.4) is 0 Å². The van der Waals surface area contributed by atoms with Gasteiger partial charge < -0.3 is 4.74 Å². The van der Waals surface area contributed by atoms with Gasteiger partial charge in [0.2, 0.25) is 0 Å². The van der Waals surface area contributed by atoms with E-state index in [2.05, 4.69) is 16.9 Å². The van der Waals surface area contributed by atoms with Crippen molar-refractivity contribution in [2.75, 3.05) is 0 Å². The molecule has 6 heteroatoms. The number of carbonyl (C=O) groups is 1. The molecule has 1 aliphatic heterocycles. The van der Waals surface area contributed by atoms with E-state index in [1.165, 1.54) is 17.7 Å². The lowest BCUT2D eigenvalue weighted by Crippen LogP contribution is -2.16. The molecule has 0 saturated heterocycles. The minimum atomic E-state index is -1.51. The molecule has 3 aromatic carbocycles. The van der Waals surface area contributed by atoms with E-state index in [9.17, 15) is 13.4 Å². The number of halogens is 1. The summed E-state index contributed by atoms with van der Waals surface area (Å²) >= 11 is 0. The molecule has 0 saturated carbocycles. The Morgan fingerprint density at radius 1 is 1.06 bits per heavy atom. The Kier molecular flexibility index (Phi) is 4.94. The monoisotopic (exact) mass is 433 g/mol. The zero-order chi connectivity index (χ0) is 21.5. The van der Waals surface area contributed by atoms with Crippen LogP contribution in [0.15, 0.2) is 66.7 Å². The summed E-state index contributed by atoms with van der Waals surface area (Å²) in [5.74, 6) is 0.146. The molecule has 2 aliphatic rings. The highest BCUT2D eigenvalue weighted by Crippen LogP contribution is 2.41. The van der Waals surface area contributed by atoms with Gasteiger partial charge in [-0.2, -0.15) is 0 Å². The Morgan fingerprint density at radius 2 is 1.87 bits per heavy atom. The van der Waals surface area contributed by atoms with Gasteiger partial charge in [0.1, 0.15) is 17.7 Å². The zero-order valence-corrected chi connectivity index (χ0v) is 17.7. The fourth-order valence-electron chi connectivity index (χ4n) is 4.32. The summed E-state index contributed by atoms with van der Waals surface area (Å²) in [7, 11) is -1.51. The van der Waals surface area contributed by atoms with E-state index < -0.39 is 11.0 Å². The Hall–Kier alpha value is -3.25. The van der Waals surface area contributed by atoms with Crippen LogP contribution in [0.25, 0.3) is 16.0 Å². The number of hydrogen-bond acceptors (Lipinski definition) is 3. The van der Waals surface area contributed by atoms with Crippen LogP contribution in [-0.4, -0.2) is 10.1 Å². The van der Waals surface area contributed by atoms with Gasteiger partial charge in [0.05, 0.1) is 4.91 Å². The second-order valence-electron chi connectivity index (χ2n) is 7.75. The minimum Gasteiger partial charge on any atom is -0.486 e. The van der Waals surface area contributed by atoms with Crippen molar-refractivity contribution in [2.24, 2.45) is 0 Å². The molecule has 1 amide bonds. The summed E-state index contributed by atoms with van der Waals surface area (Å²) in [5, 5.41) is 0. The SMILES string of the molecule is Cc1cc(F)ccc1-c1cccc2c1CC[C@H]2Oc1ccc(C2=CC(=O)NS2=O)cc1. The Morgan fingerprint density at radius 3 is 2.58 bits per heavy atom. The van der Waals surface area contributed by atoms with Crippen molar-refractivity contribution in [3.05, 3.63) is 94.8 Å². The second kappa shape index (κ2) is 7.78. The maximum Gasteiger partial charge on any atom is 0.257 e. The van der Waals surface area contributed by atoms with Crippen LogP contribution in [0.1, 0.15) is 34.8 Å². The van der Waals surface area contributed by atoms with Crippen LogP contribution in [0.2, 0.25) is 0 Å². The average Bonchev–Trinajstić information content (AvgIpc) is 3.31. The number of benzene rings is 3. The van der Waals surface area contributed by atoms with Gasteiger partial charge in [0.15, 0.2) is 11.0 Å². The molecule has 2 atom stereocenters. The quantitative estimate of drug-likeness (QED) is 0.630. The first-order valence-corrected chi connectivity index (χ1v) is 11.2. The highest BCUT2D eigenvalue weighted by molar-refractivity contribution is 7.93. The first kappa shape index (κ1) is 19.7. The number of hydrogen-bond donors (Lipinski definition) is 1. The van der Waals surface area contributed by atoms with Crippen molar-refractivity contribution < 1.29 is 18.1 Å². The van der Waals surface area contributed by atoms with Gasteiger partial charge in [-0.1, -0.05) is 36.4 Å². The molecule has 1 heterocycles. The average molecular weight is 434 g/mol. The molecule has 0 bridgehead atoms. The summed E-state index contributed by atoms with van der Waals surface area (Å²) in [6.07, 6.45) is 3.05. The Balaban J connectivity index is 1.39. The Labute approximate surface area is 182 Å². The fraction of sp³-hybridized carbons (Fsp3) is 0.160. The van der Waals surface area contributed by atoms with E-state index in [1.807, 2.05) is 43.3 Å². The molecular weight excluding hydrogens is 413 g/mol. The number of rotatable bonds is 4. The zero-order valence-electron chi connectivity index (χ0n) is 16.9. The summed E-state index contributed by atoms with van der Waals surface area (Å²) in [4.78, 5) is 11.9. The fourth-order valence-corrected chi connectivity index (χ4v) is 5.24. The molecule has 31 heavy (non-hydrogen) atoms. The number of amides is 1. The van der Waals surface area contributed by atoms with E-state index in [4.69, 9.17) is 4.74 Å². The molecule has 0 fully saturated rings. The van der Waals surface area contributed by atoms with Gasteiger partial charge in [-0.25, -0.2) is 8.60 Å². The van der Waals surface area contributed by atoms with Gasteiger partial charge in [0, 0.05) is 6.08 Å². The summed E-state index contributed by atoms with van der Waals surface area (Å²) in [6, 6.07) is 18.4. The van der Waals surface area contributed by atoms with Gasteiger partial charge in [0.25, 0.3) is 5.91 Å². The predicted octanol–water partition coefficient (Wildman–Crippen LogP) is 5.00. The standard InChI is InChI=1S/C25H20FNO3S/c1-15-13-17(26)7-10-19(15)20-3-2-4-22-21(20)11-12-23(22)30-18-8-5-16(6-9-18)24-14-25(28)27-31(24)29/h2-10,13-14,23H,11-12H2,1H3,(H,27,28)/t23-,31?/m1/s1. The minimum absolute atomic E-state index is 0.0652. The Bertz CT molecular complexity index is 1250. The summed E-state index contributed by atoms with van der Waals surface area (Å²) in [5.41, 5.74) is 6.22. The lowest BCUT2D eigenvalue weighted by Gasteiger charge is -2.17. The normalized spacial score (nSPS) is 19.7. The van der Waals surface area contributed by atoms with E-state index >= 15 is 0 Å². The topological polar surface area (TPSA) is 55.4 Å². The molecular formula is C25H20FNO3S. The van der Waals surface area contributed by atoms with E-state index in [-0.39, 0.29) is 17.8 Å². The van der Waals surface area contributed by atoms with Gasteiger partial charge in [-0.3, -0.25) is 9.52 Å². The number of fused-ring (bicyclic) bond motifs is 1. The largest absolute Gasteiger partial charge is 0.486 e. The highest BCUT2D eigenvalue weighted by Gasteiger charge is 2.27. The summed E-state index contributed by atoms with van der Waals surface area (Å²) < 4.78 is 34.1. The molecule has 156 valence electrons. The van der Waals surface area contributed by atoms with Crippen molar-refractivity contribution >= 4 is 21.8 Å². The van der Waals surface area contributed by atoms with E-state index in [1.54, 1.807) is 6.07 Å². The van der Waals surface area contributed by atoms with Gasteiger partial charge in [-0.05, 0) is 77.4 Å². The first-order chi connectivity index (χ1) is 15.0. The third-order valence-corrected chi connectivity index (χ3v) is 6.91. The van der Waals surface area contributed by atoms with Crippen LogP contribution in [0.5, 0.6) is 5.75 Å². The lowest BCUT2D eigenvalue weighted by molar-refractivity contribution is -0.114. The number of ether oxygens (including phenoxy) is 1.